The van der Waals surface area contributed by atoms with Crippen molar-refractivity contribution in [3.63, 3.8) is 0 Å². The lowest BCUT2D eigenvalue weighted by atomic mass is 10.1. The van der Waals surface area contributed by atoms with E-state index in [0.717, 1.165) is 35.8 Å². The van der Waals surface area contributed by atoms with E-state index in [1.54, 1.807) is 11.9 Å². The molecule has 148 valence electrons. The number of amides is 2. The fourth-order valence-corrected chi connectivity index (χ4v) is 3.66. The molecule has 0 spiro atoms. The van der Waals surface area contributed by atoms with Crippen LogP contribution in [-0.2, 0) is 6.54 Å². The second kappa shape index (κ2) is 8.42. The third-order valence-corrected chi connectivity index (χ3v) is 5.21. The molecule has 1 fully saturated rings. The second-order valence-corrected chi connectivity index (χ2v) is 7.36. The molecule has 2 amide bonds. The number of carbonyl (C=O) groups excluding carboxylic acids is 1. The van der Waals surface area contributed by atoms with Gasteiger partial charge in [-0.05, 0) is 61.2 Å². The molecule has 0 aliphatic carbocycles. The highest BCUT2D eigenvalue weighted by atomic mass is 16.6. The quantitative estimate of drug-likeness (QED) is 0.866. The van der Waals surface area contributed by atoms with Crippen molar-refractivity contribution in [2.24, 2.45) is 0 Å². The Kier molecular flexibility index (Phi) is 5.55. The Labute approximate surface area is 166 Å². The molecule has 28 heavy (non-hydrogen) atoms. The number of nitrogens with zero attached hydrogens (tertiary/aromatic N) is 2. The van der Waals surface area contributed by atoms with E-state index in [0.29, 0.717) is 19.8 Å². The molecule has 0 bridgehead atoms. The van der Waals surface area contributed by atoms with Crippen LogP contribution >= 0.6 is 0 Å². The first-order chi connectivity index (χ1) is 13.7. The van der Waals surface area contributed by atoms with Crippen molar-refractivity contribution in [2.45, 2.75) is 25.8 Å². The lowest BCUT2D eigenvalue weighted by molar-refractivity contribution is 0.171. The summed E-state index contributed by atoms with van der Waals surface area (Å²) in [5.41, 5.74) is 3.03. The molecule has 0 radical (unpaired) electrons. The van der Waals surface area contributed by atoms with Crippen molar-refractivity contribution in [1.29, 1.82) is 0 Å². The summed E-state index contributed by atoms with van der Waals surface area (Å²) >= 11 is 0. The van der Waals surface area contributed by atoms with Gasteiger partial charge < -0.3 is 24.6 Å². The van der Waals surface area contributed by atoms with E-state index in [1.807, 2.05) is 30.3 Å². The molecule has 0 aromatic heterocycles. The fraction of sp³-hybridized carbons (Fsp3) is 0.409. The van der Waals surface area contributed by atoms with E-state index in [-0.39, 0.29) is 6.03 Å². The van der Waals surface area contributed by atoms with Gasteiger partial charge in [0.1, 0.15) is 13.2 Å². The number of piperidine rings is 1. The standard InChI is InChI=1S/C22H27N3O3/c1-24(16-17-5-10-20-21(15-17)28-14-13-27-20)22(26)23-18-6-8-19(9-7-18)25-11-3-2-4-12-25/h5-10,15H,2-4,11-14,16H2,1H3,(H,23,26). The van der Waals surface area contributed by atoms with Gasteiger partial charge in [0.15, 0.2) is 11.5 Å². The first-order valence-electron chi connectivity index (χ1n) is 9.95. The molecule has 0 unspecified atom stereocenters. The maximum absolute atomic E-state index is 12.5. The Morgan fingerprint density at radius 1 is 1.00 bits per heavy atom. The van der Waals surface area contributed by atoms with Gasteiger partial charge in [-0.15, -0.1) is 0 Å². The molecule has 2 aromatic carbocycles. The summed E-state index contributed by atoms with van der Waals surface area (Å²) in [5, 5.41) is 2.97. The van der Waals surface area contributed by atoms with Crippen molar-refractivity contribution in [2.75, 3.05) is 43.6 Å². The maximum atomic E-state index is 12.5. The number of fused-ring (bicyclic) bond motifs is 1. The van der Waals surface area contributed by atoms with Crippen LogP contribution in [0, 0.1) is 0 Å². The predicted molar refractivity (Wildman–Crippen MR) is 110 cm³/mol. The zero-order valence-electron chi connectivity index (χ0n) is 16.3. The third-order valence-electron chi connectivity index (χ3n) is 5.21. The Bertz CT molecular complexity index is 816. The van der Waals surface area contributed by atoms with E-state index < -0.39 is 0 Å². The van der Waals surface area contributed by atoms with Crippen LogP contribution < -0.4 is 19.7 Å². The molecule has 2 aliphatic rings. The Morgan fingerprint density at radius 3 is 2.46 bits per heavy atom. The highest BCUT2D eigenvalue weighted by Crippen LogP contribution is 2.31. The zero-order chi connectivity index (χ0) is 19.3. The summed E-state index contributed by atoms with van der Waals surface area (Å²) in [6.07, 6.45) is 3.83. The van der Waals surface area contributed by atoms with Crippen molar-refractivity contribution >= 4 is 17.4 Å². The molecule has 2 heterocycles. The van der Waals surface area contributed by atoms with Gasteiger partial charge in [-0.3, -0.25) is 0 Å². The molecular weight excluding hydrogens is 354 g/mol. The number of anilines is 2. The van der Waals surface area contributed by atoms with Crippen LogP contribution in [0.5, 0.6) is 11.5 Å². The minimum atomic E-state index is -0.138. The summed E-state index contributed by atoms with van der Waals surface area (Å²) < 4.78 is 11.2. The topological polar surface area (TPSA) is 54.0 Å². The molecule has 0 saturated carbocycles. The van der Waals surface area contributed by atoms with E-state index >= 15 is 0 Å². The Balaban J connectivity index is 1.34. The molecule has 2 aromatic rings. The number of nitrogens with one attached hydrogen (secondary N) is 1. The number of hydrogen-bond acceptors (Lipinski definition) is 4. The van der Waals surface area contributed by atoms with Crippen LogP contribution in [0.3, 0.4) is 0 Å². The minimum absolute atomic E-state index is 0.138. The number of benzene rings is 2. The highest BCUT2D eigenvalue weighted by Gasteiger charge is 2.15. The lowest BCUT2D eigenvalue weighted by Gasteiger charge is -2.29. The Hall–Kier alpha value is -2.89. The number of hydrogen-bond donors (Lipinski definition) is 1. The monoisotopic (exact) mass is 381 g/mol. The van der Waals surface area contributed by atoms with E-state index in [4.69, 9.17) is 9.47 Å². The average Bonchev–Trinajstić information content (AvgIpc) is 2.75. The Morgan fingerprint density at radius 2 is 1.71 bits per heavy atom. The summed E-state index contributed by atoms with van der Waals surface area (Å²) in [7, 11) is 1.79. The maximum Gasteiger partial charge on any atom is 0.321 e. The summed E-state index contributed by atoms with van der Waals surface area (Å²) in [6.45, 7) is 3.85. The van der Waals surface area contributed by atoms with Gasteiger partial charge in [-0.2, -0.15) is 0 Å². The largest absolute Gasteiger partial charge is 0.486 e. The number of rotatable bonds is 4. The van der Waals surface area contributed by atoms with Crippen LogP contribution in [0.2, 0.25) is 0 Å². The van der Waals surface area contributed by atoms with Crippen molar-refractivity contribution in [1.82, 2.24) is 4.90 Å². The molecular formula is C22H27N3O3. The molecule has 1 N–H and O–H groups in total. The summed E-state index contributed by atoms with van der Waals surface area (Å²) in [4.78, 5) is 16.6. The van der Waals surface area contributed by atoms with Gasteiger partial charge in [0.25, 0.3) is 0 Å². The zero-order valence-corrected chi connectivity index (χ0v) is 16.3. The lowest BCUT2D eigenvalue weighted by Crippen LogP contribution is -2.31. The predicted octanol–water partition coefficient (Wildman–Crippen LogP) is 4.11. The molecule has 6 heteroatoms. The summed E-state index contributed by atoms with van der Waals surface area (Å²) in [5.74, 6) is 1.50. The van der Waals surface area contributed by atoms with E-state index in [2.05, 4.69) is 22.3 Å². The first kappa shape index (κ1) is 18.5. The number of ether oxygens (including phenoxy) is 2. The van der Waals surface area contributed by atoms with Crippen molar-refractivity contribution < 1.29 is 14.3 Å². The van der Waals surface area contributed by atoms with Crippen LogP contribution in [0.1, 0.15) is 24.8 Å². The minimum Gasteiger partial charge on any atom is -0.486 e. The van der Waals surface area contributed by atoms with Crippen LogP contribution in [0.25, 0.3) is 0 Å². The molecule has 6 nitrogen and oxygen atoms in total. The normalized spacial score (nSPS) is 15.8. The van der Waals surface area contributed by atoms with E-state index in [1.165, 1.54) is 24.9 Å². The second-order valence-electron chi connectivity index (χ2n) is 7.36. The smallest absolute Gasteiger partial charge is 0.321 e. The van der Waals surface area contributed by atoms with Crippen LogP contribution in [-0.4, -0.2) is 44.3 Å². The summed E-state index contributed by atoms with van der Waals surface area (Å²) in [6, 6.07) is 13.8. The molecule has 2 aliphatic heterocycles. The number of urea groups is 1. The molecule has 1 saturated heterocycles. The van der Waals surface area contributed by atoms with Crippen LogP contribution in [0.4, 0.5) is 16.2 Å². The van der Waals surface area contributed by atoms with Gasteiger partial charge in [-0.25, -0.2) is 4.79 Å². The van der Waals surface area contributed by atoms with Crippen molar-refractivity contribution in [3.8, 4) is 11.5 Å². The van der Waals surface area contributed by atoms with Crippen molar-refractivity contribution in [3.05, 3.63) is 48.0 Å². The molecule has 4 rings (SSSR count). The third kappa shape index (κ3) is 4.32. The SMILES string of the molecule is CN(Cc1ccc2c(c1)OCCO2)C(=O)Nc1ccc(N2CCCCC2)cc1. The molecule has 0 atom stereocenters. The number of carbonyl (C=O) groups is 1. The van der Waals surface area contributed by atoms with Gasteiger partial charge in [0.2, 0.25) is 0 Å². The highest BCUT2D eigenvalue weighted by molar-refractivity contribution is 5.89. The average molecular weight is 381 g/mol. The van der Waals surface area contributed by atoms with E-state index in [9.17, 15) is 4.79 Å². The fourth-order valence-electron chi connectivity index (χ4n) is 3.66. The van der Waals surface area contributed by atoms with Gasteiger partial charge in [-0.1, -0.05) is 6.07 Å². The van der Waals surface area contributed by atoms with Crippen LogP contribution in [0.15, 0.2) is 42.5 Å². The van der Waals surface area contributed by atoms with Gasteiger partial charge in [0.05, 0.1) is 0 Å². The van der Waals surface area contributed by atoms with Gasteiger partial charge in [0, 0.05) is 38.1 Å². The first-order valence-corrected chi connectivity index (χ1v) is 9.95. The van der Waals surface area contributed by atoms with Gasteiger partial charge >= 0.3 is 6.03 Å².